The SMILES string of the molecule is NCCCCC(N)C(=O)O.O=C(O)CCC(=O)O.[H-].[Li+]. The number of carboxylic acids is 3. The van der Waals surface area contributed by atoms with Gasteiger partial charge in [-0.05, 0) is 19.4 Å². The molecule has 0 aromatic heterocycles. The van der Waals surface area contributed by atoms with E-state index in [0.717, 1.165) is 12.8 Å². The van der Waals surface area contributed by atoms with E-state index < -0.39 is 23.9 Å². The smallest absolute Gasteiger partial charge is 1.00 e. The zero-order valence-electron chi connectivity index (χ0n) is 12.0. The molecule has 0 amide bonds. The Balaban J connectivity index is -0.000000119. The van der Waals surface area contributed by atoms with Crippen molar-refractivity contribution in [3.8, 4) is 0 Å². The molecule has 0 radical (unpaired) electrons. The van der Waals surface area contributed by atoms with Crippen molar-refractivity contribution in [2.45, 2.75) is 38.1 Å². The van der Waals surface area contributed by atoms with Crippen molar-refractivity contribution >= 4 is 17.9 Å². The largest absolute Gasteiger partial charge is 1.00 e. The molecule has 0 aliphatic rings. The van der Waals surface area contributed by atoms with Crippen molar-refractivity contribution in [1.82, 2.24) is 0 Å². The van der Waals surface area contributed by atoms with E-state index >= 15 is 0 Å². The van der Waals surface area contributed by atoms with Gasteiger partial charge in [-0.2, -0.15) is 0 Å². The van der Waals surface area contributed by atoms with Crippen molar-refractivity contribution in [2.24, 2.45) is 11.5 Å². The predicted octanol–water partition coefficient (Wildman–Crippen LogP) is -3.42. The molecule has 0 fully saturated rings. The topological polar surface area (TPSA) is 164 Å². The predicted molar refractivity (Wildman–Crippen MR) is 64.1 cm³/mol. The van der Waals surface area contributed by atoms with E-state index in [-0.39, 0.29) is 33.1 Å². The summed E-state index contributed by atoms with van der Waals surface area (Å²) in [7, 11) is 0. The van der Waals surface area contributed by atoms with E-state index in [4.69, 9.17) is 26.8 Å². The number of hydrogen-bond acceptors (Lipinski definition) is 5. The van der Waals surface area contributed by atoms with Crippen LogP contribution in [0, 0.1) is 0 Å². The van der Waals surface area contributed by atoms with Crippen LogP contribution in [0.3, 0.4) is 0 Å². The second-order valence-corrected chi connectivity index (χ2v) is 3.52. The number of unbranched alkanes of at least 4 members (excludes halogenated alkanes) is 1. The molecule has 108 valence electrons. The molecule has 0 saturated carbocycles. The summed E-state index contributed by atoms with van der Waals surface area (Å²) in [5, 5.41) is 24.1. The molecule has 0 rings (SSSR count). The zero-order valence-corrected chi connectivity index (χ0v) is 11.0. The maximum absolute atomic E-state index is 10.1. The van der Waals surface area contributed by atoms with Gasteiger partial charge in [-0.1, -0.05) is 6.42 Å². The van der Waals surface area contributed by atoms with Gasteiger partial charge in [0, 0.05) is 0 Å². The molecule has 0 aromatic rings. The quantitative estimate of drug-likeness (QED) is 0.225. The standard InChI is InChI=1S/C6H14N2O2.C4H6O4.Li.H/c7-4-2-1-3-5(8)6(9)10;5-3(6)1-2-4(7)8;;/h5H,1-4,7-8H2,(H,9,10);1-2H2,(H,5,6)(H,7,8);;/q;;+1;-1. The number of hydrogen-bond donors (Lipinski definition) is 5. The average molecular weight is 272 g/mol. The molecular weight excluding hydrogens is 251 g/mol. The van der Waals surface area contributed by atoms with Gasteiger partial charge >= 0.3 is 36.8 Å². The summed E-state index contributed by atoms with van der Waals surface area (Å²) in [4.78, 5) is 29.4. The fraction of sp³-hybridized carbons (Fsp3) is 0.700. The molecule has 0 saturated heterocycles. The summed E-state index contributed by atoms with van der Waals surface area (Å²) in [6.07, 6.45) is 1.57. The fourth-order valence-electron chi connectivity index (χ4n) is 0.846. The van der Waals surface area contributed by atoms with Crippen molar-refractivity contribution in [3.05, 3.63) is 0 Å². The van der Waals surface area contributed by atoms with Crippen LogP contribution in [0.4, 0.5) is 0 Å². The summed E-state index contributed by atoms with van der Waals surface area (Å²) in [5.74, 6) is -3.09. The third kappa shape index (κ3) is 22.6. The number of aliphatic carboxylic acids is 3. The molecular formula is C10H21LiN2O6. The van der Waals surface area contributed by atoms with E-state index in [9.17, 15) is 14.4 Å². The van der Waals surface area contributed by atoms with Crippen molar-refractivity contribution in [2.75, 3.05) is 6.54 Å². The third-order valence-electron chi connectivity index (χ3n) is 1.84. The first-order valence-corrected chi connectivity index (χ1v) is 5.43. The molecule has 0 bridgehead atoms. The van der Waals surface area contributed by atoms with Crippen LogP contribution >= 0.6 is 0 Å². The second-order valence-electron chi connectivity index (χ2n) is 3.52. The Morgan fingerprint density at radius 3 is 1.68 bits per heavy atom. The summed E-state index contributed by atoms with van der Waals surface area (Å²) in [6.45, 7) is 0.604. The fourth-order valence-corrected chi connectivity index (χ4v) is 0.846. The van der Waals surface area contributed by atoms with Crippen LogP contribution < -0.4 is 30.3 Å². The molecule has 0 aliphatic carbocycles. The van der Waals surface area contributed by atoms with E-state index in [2.05, 4.69) is 0 Å². The minimum absolute atomic E-state index is 0. The summed E-state index contributed by atoms with van der Waals surface area (Å²) in [5.41, 5.74) is 10.4. The third-order valence-corrected chi connectivity index (χ3v) is 1.84. The summed E-state index contributed by atoms with van der Waals surface area (Å²) in [6, 6.07) is -0.716. The molecule has 9 heteroatoms. The van der Waals surface area contributed by atoms with Crippen LogP contribution in [0.1, 0.15) is 33.5 Å². The first-order valence-electron chi connectivity index (χ1n) is 5.43. The molecule has 0 heterocycles. The van der Waals surface area contributed by atoms with Gasteiger partial charge < -0.3 is 28.2 Å². The van der Waals surface area contributed by atoms with Crippen LogP contribution in [-0.4, -0.2) is 45.8 Å². The van der Waals surface area contributed by atoms with Crippen molar-refractivity contribution in [3.63, 3.8) is 0 Å². The van der Waals surface area contributed by atoms with Gasteiger partial charge in [0.25, 0.3) is 0 Å². The number of carbonyl (C=O) groups is 3. The van der Waals surface area contributed by atoms with E-state index in [1.54, 1.807) is 0 Å². The normalized spacial score (nSPS) is 10.4. The van der Waals surface area contributed by atoms with Gasteiger partial charge in [-0.3, -0.25) is 14.4 Å². The van der Waals surface area contributed by atoms with Gasteiger partial charge in [0.2, 0.25) is 0 Å². The molecule has 0 aliphatic heterocycles. The average Bonchev–Trinajstić information content (AvgIpc) is 2.27. The van der Waals surface area contributed by atoms with E-state index in [0.29, 0.717) is 13.0 Å². The zero-order chi connectivity index (χ0) is 14.6. The maximum Gasteiger partial charge on any atom is 1.00 e. The second kappa shape index (κ2) is 15.0. The van der Waals surface area contributed by atoms with Crippen LogP contribution in [0.5, 0.6) is 0 Å². The van der Waals surface area contributed by atoms with Gasteiger partial charge in [0.05, 0.1) is 12.8 Å². The van der Waals surface area contributed by atoms with Crippen LogP contribution in [-0.2, 0) is 14.4 Å². The molecule has 0 aromatic carbocycles. The molecule has 1 atom stereocenters. The van der Waals surface area contributed by atoms with Gasteiger partial charge in [0.15, 0.2) is 0 Å². The first kappa shape index (κ1) is 23.1. The van der Waals surface area contributed by atoms with Crippen molar-refractivity contribution in [1.29, 1.82) is 0 Å². The Kier molecular flexibility index (Phi) is 18.2. The molecule has 7 N–H and O–H groups in total. The Morgan fingerprint density at radius 1 is 1.00 bits per heavy atom. The minimum Gasteiger partial charge on any atom is -1.00 e. The molecule has 0 spiro atoms. The Bertz CT molecular complexity index is 266. The first-order chi connectivity index (χ1) is 8.31. The minimum atomic E-state index is -1.08. The van der Waals surface area contributed by atoms with Crippen LogP contribution in [0.15, 0.2) is 0 Å². The van der Waals surface area contributed by atoms with Gasteiger partial charge in [0.1, 0.15) is 6.04 Å². The summed E-state index contributed by atoms with van der Waals surface area (Å²) < 4.78 is 0. The van der Waals surface area contributed by atoms with E-state index in [1.165, 1.54) is 0 Å². The Hall–Kier alpha value is -1.07. The van der Waals surface area contributed by atoms with Crippen LogP contribution in [0.25, 0.3) is 0 Å². The monoisotopic (exact) mass is 272 g/mol. The summed E-state index contributed by atoms with van der Waals surface area (Å²) >= 11 is 0. The van der Waals surface area contributed by atoms with E-state index in [1.807, 2.05) is 0 Å². The number of nitrogens with two attached hydrogens (primary N) is 2. The number of rotatable bonds is 8. The maximum atomic E-state index is 10.1. The Labute approximate surface area is 124 Å². The van der Waals surface area contributed by atoms with Gasteiger partial charge in [-0.15, -0.1) is 0 Å². The number of carboxylic acid groups (broad SMARTS) is 3. The van der Waals surface area contributed by atoms with Crippen LogP contribution in [0.2, 0.25) is 0 Å². The molecule has 19 heavy (non-hydrogen) atoms. The van der Waals surface area contributed by atoms with Gasteiger partial charge in [-0.25, -0.2) is 0 Å². The van der Waals surface area contributed by atoms with Crippen molar-refractivity contribution < 1.29 is 50.0 Å². The molecule has 1 unspecified atom stereocenters. The molecule has 8 nitrogen and oxygen atoms in total. The Morgan fingerprint density at radius 2 is 1.42 bits per heavy atom.